The number of hydrogen-bond acceptors (Lipinski definition) is 3. The first-order valence-corrected chi connectivity index (χ1v) is 9.16. The lowest BCUT2D eigenvalue weighted by molar-refractivity contribution is 0.0938. The lowest BCUT2D eigenvalue weighted by atomic mass is 10.1. The maximum absolute atomic E-state index is 12.6. The molecule has 0 aromatic heterocycles. The van der Waals surface area contributed by atoms with Gasteiger partial charge in [0.25, 0.3) is 5.91 Å². The third-order valence-corrected chi connectivity index (χ3v) is 4.68. The minimum atomic E-state index is -0.126. The van der Waals surface area contributed by atoms with Gasteiger partial charge in [0.05, 0.1) is 7.11 Å². The van der Waals surface area contributed by atoms with E-state index >= 15 is 0 Å². The molecule has 6 nitrogen and oxygen atoms in total. The van der Waals surface area contributed by atoms with Crippen LogP contribution in [0.3, 0.4) is 0 Å². The van der Waals surface area contributed by atoms with Gasteiger partial charge in [0.15, 0.2) is 0 Å². The van der Waals surface area contributed by atoms with Gasteiger partial charge in [-0.3, -0.25) is 9.69 Å². The van der Waals surface area contributed by atoms with Crippen LogP contribution in [0.25, 0.3) is 0 Å². The number of urea groups is 1. The average Bonchev–Trinajstić information content (AvgIpc) is 3.13. The minimum absolute atomic E-state index is 0.0401. The Labute approximate surface area is 159 Å². The molecular formula is C21H25N3O3. The average molecular weight is 367 g/mol. The minimum Gasteiger partial charge on any atom is -0.497 e. The standard InChI is InChI=1S/C21H25N3O3/c1-15(6-7-16-8-10-19(27-2)11-9-16)23-20(25)17-4-3-5-18(14-17)24-13-12-22-21(24)26/h3-5,8-11,14-15H,6-7,12-13H2,1-2H3,(H,22,26)(H,23,25). The number of carbonyl (C=O) groups is 2. The van der Waals surface area contributed by atoms with Crippen molar-refractivity contribution in [2.45, 2.75) is 25.8 Å². The summed E-state index contributed by atoms with van der Waals surface area (Å²) in [5, 5.41) is 5.80. The molecular weight excluding hydrogens is 342 g/mol. The van der Waals surface area contributed by atoms with Gasteiger partial charge in [-0.15, -0.1) is 0 Å². The summed E-state index contributed by atoms with van der Waals surface area (Å²) in [6.45, 7) is 3.24. The number of amides is 3. The molecule has 1 saturated heterocycles. The highest BCUT2D eigenvalue weighted by Crippen LogP contribution is 2.18. The van der Waals surface area contributed by atoms with Crippen LogP contribution in [0.5, 0.6) is 5.75 Å². The van der Waals surface area contributed by atoms with Gasteiger partial charge in [-0.2, -0.15) is 0 Å². The van der Waals surface area contributed by atoms with Gasteiger partial charge in [0.2, 0.25) is 0 Å². The number of nitrogens with one attached hydrogen (secondary N) is 2. The molecule has 0 aliphatic carbocycles. The Hall–Kier alpha value is -3.02. The fourth-order valence-corrected chi connectivity index (χ4v) is 3.09. The molecule has 1 aliphatic heterocycles. The van der Waals surface area contributed by atoms with E-state index in [1.807, 2.05) is 37.3 Å². The van der Waals surface area contributed by atoms with E-state index in [0.29, 0.717) is 18.7 Å². The number of aryl methyl sites for hydroxylation is 1. The molecule has 142 valence electrons. The van der Waals surface area contributed by atoms with Crippen LogP contribution in [-0.4, -0.2) is 38.2 Å². The maximum Gasteiger partial charge on any atom is 0.321 e. The monoisotopic (exact) mass is 367 g/mol. The highest BCUT2D eigenvalue weighted by atomic mass is 16.5. The quantitative estimate of drug-likeness (QED) is 0.790. The van der Waals surface area contributed by atoms with Crippen molar-refractivity contribution in [1.82, 2.24) is 10.6 Å². The van der Waals surface area contributed by atoms with Crippen LogP contribution < -0.4 is 20.3 Å². The molecule has 1 heterocycles. The summed E-state index contributed by atoms with van der Waals surface area (Å²) in [5.74, 6) is 0.713. The second kappa shape index (κ2) is 8.58. The van der Waals surface area contributed by atoms with Crippen molar-refractivity contribution in [3.63, 3.8) is 0 Å². The number of rotatable bonds is 7. The highest BCUT2D eigenvalue weighted by molar-refractivity contribution is 5.98. The zero-order valence-electron chi connectivity index (χ0n) is 15.7. The van der Waals surface area contributed by atoms with Gasteiger partial charge in [-0.1, -0.05) is 18.2 Å². The molecule has 1 aliphatic rings. The number of hydrogen-bond donors (Lipinski definition) is 2. The molecule has 2 aromatic carbocycles. The van der Waals surface area contributed by atoms with Gasteiger partial charge < -0.3 is 15.4 Å². The normalized spacial score (nSPS) is 14.6. The third-order valence-electron chi connectivity index (χ3n) is 4.68. The molecule has 0 spiro atoms. The SMILES string of the molecule is COc1ccc(CCC(C)NC(=O)c2cccc(N3CCNC3=O)c2)cc1. The smallest absolute Gasteiger partial charge is 0.321 e. The van der Waals surface area contributed by atoms with Gasteiger partial charge in [-0.25, -0.2) is 4.79 Å². The largest absolute Gasteiger partial charge is 0.497 e. The maximum atomic E-state index is 12.6. The molecule has 0 bridgehead atoms. The molecule has 0 radical (unpaired) electrons. The molecule has 3 rings (SSSR count). The van der Waals surface area contributed by atoms with Crippen molar-refractivity contribution >= 4 is 17.6 Å². The number of methoxy groups -OCH3 is 1. The Morgan fingerprint density at radius 2 is 2.04 bits per heavy atom. The summed E-state index contributed by atoms with van der Waals surface area (Å²) < 4.78 is 5.16. The Bertz CT molecular complexity index is 805. The van der Waals surface area contributed by atoms with Crippen LogP contribution in [0.4, 0.5) is 10.5 Å². The van der Waals surface area contributed by atoms with Gasteiger partial charge in [-0.05, 0) is 55.7 Å². The first kappa shape index (κ1) is 18.8. The van der Waals surface area contributed by atoms with E-state index in [2.05, 4.69) is 10.6 Å². The molecule has 1 atom stereocenters. The first-order valence-electron chi connectivity index (χ1n) is 9.16. The van der Waals surface area contributed by atoms with Gasteiger partial charge >= 0.3 is 6.03 Å². The Balaban J connectivity index is 1.55. The fraction of sp³-hybridized carbons (Fsp3) is 0.333. The van der Waals surface area contributed by atoms with Gasteiger partial charge in [0.1, 0.15) is 5.75 Å². The number of benzene rings is 2. The third kappa shape index (κ3) is 4.78. The second-order valence-corrected chi connectivity index (χ2v) is 6.70. The number of nitrogens with zero attached hydrogens (tertiary/aromatic N) is 1. The highest BCUT2D eigenvalue weighted by Gasteiger charge is 2.22. The lowest BCUT2D eigenvalue weighted by Gasteiger charge is -2.17. The van der Waals surface area contributed by atoms with Crippen LogP contribution in [0, 0.1) is 0 Å². The molecule has 3 amide bonds. The van der Waals surface area contributed by atoms with Crippen LogP contribution in [0.15, 0.2) is 48.5 Å². The second-order valence-electron chi connectivity index (χ2n) is 6.70. The predicted octanol–water partition coefficient (Wildman–Crippen LogP) is 2.98. The van der Waals surface area contributed by atoms with Crippen LogP contribution >= 0.6 is 0 Å². The molecule has 6 heteroatoms. The van der Waals surface area contributed by atoms with E-state index < -0.39 is 0 Å². The van der Waals surface area contributed by atoms with Crippen LogP contribution in [0.1, 0.15) is 29.3 Å². The zero-order chi connectivity index (χ0) is 19.2. The fourth-order valence-electron chi connectivity index (χ4n) is 3.09. The predicted molar refractivity (Wildman–Crippen MR) is 105 cm³/mol. The summed E-state index contributed by atoms with van der Waals surface area (Å²) in [7, 11) is 1.65. The summed E-state index contributed by atoms with van der Waals surface area (Å²) >= 11 is 0. The summed E-state index contributed by atoms with van der Waals surface area (Å²) in [6.07, 6.45) is 1.71. The van der Waals surface area contributed by atoms with Crippen LogP contribution in [0.2, 0.25) is 0 Å². The molecule has 27 heavy (non-hydrogen) atoms. The summed E-state index contributed by atoms with van der Waals surface area (Å²) in [5.41, 5.74) is 2.51. The zero-order valence-corrected chi connectivity index (χ0v) is 15.7. The van der Waals surface area contributed by atoms with Crippen molar-refractivity contribution in [3.8, 4) is 5.75 Å². The van der Waals surface area contributed by atoms with Gasteiger partial charge in [0, 0.05) is 30.4 Å². The summed E-state index contributed by atoms with van der Waals surface area (Å²) in [4.78, 5) is 26.0. The van der Waals surface area contributed by atoms with E-state index in [0.717, 1.165) is 24.3 Å². The number of anilines is 1. The van der Waals surface area contributed by atoms with E-state index in [-0.39, 0.29) is 18.0 Å². The summed E-state index contributed by atoms with van der Waals surface area (Å²) in [6, 6.07) is 15.1. The first-order chi connectivity index (χ1) is 13.1. The Kier molecular flexibility index (Phi) is 5.96. The van der Waals surface area contributed by atoms with Crippen LogP contribution in [-0.2, 0) is 6.42 Å². The van der Waals surface area contributed by atoms with E-state index in [1.54, 1.807) is 30.2 Å². The van der Waals surface area contributed by atoms with Crippen molar-refractivity contribution in [2.75, 3.05) is 25.1 Å². The molecule has 1 fully saturated rings. The molecule has 2 N–H and O–H groups in total. The van der Waals surface area contributed by atoms with Crippen molar-refractivity contribution in [3.05, 3.63) is 59.7 Å². The Morgan fingerprint density at radius 3 is 2.70 bits per heavy atom. The van der Waals surface area contributed by atoms with Crippen molar-refractivity contribution < 1.29 is 14.3 Å². The van der Waals surface area contributed by atoms with E-state index in [9.17, 15) is 9.59 Å². The number of ether oxygens (including phenoxy) is 1. The lowest BCUT2D eigenvalue weighted by Crippen LogP contribution is -2.33. The van der Waals surface area contributed by atoms with Crippen molar-refractivity contribution in [1.29, 1.82) is 0 Å². The number of carbonyl (C=O) groups excluding carboxylic acids is 2. The van der Waals surface area contributed by atoms with E-state index in [4.69, 9.17) is 4.74 Å². The molecule has 2 aromatic rings. The topological polar surface area (TPSA) is 70.7 Å². The molecule has 1 unspecified atom stereocenters. The molecule has 0 saturated carbocycles. The Morgan fingerprint density at radius 1 is 1.26 bits per heavy atom. The van der Waals surface area contributed by atoms with E-state index in [1.165, 1.54) is 5.56 Å². The van der Waals surface area contributed by atoms with Crippen molar-refractivity contribution in [2.24, 2.45) is 0 Å².